The van der Waals surface area contributed by atoms with E-state index >= 15 is 0 Å². The molecule has 10 atom stereocenters. The summed E-state index contributed by atoms with van der Waals surface area (Å²) in [4.78, 5) is 11.1. The van der Waals surface area contributed by atoms with Gasteiger partial charge in [0.05, 0.1) is 12.2 Å². The average Bonchev–Trinajstić information content (AvgIpc) is 3.05. The third kappa shape index (κ3) is 4.14. The molecule has 0 aromatic rings. The fourth-order valence-electron chi connectivity index (χ4n) is 8.96. The van der Waals surface area contributed by atoms with Crippen molar-refractivity contribution in [1.29, 1.82) is 0 Å². The number of carbonyl (C=O) groups is 1. The minimum atomic E-state index is -4.43. The smallest absolute Gasteiger partial charge is 0.397 e. The van der Waals surface area contributed by atoms with Crippen LogP contribution in [-0.4, -0.2) is 41.4 Å². The number of carboxylic acid groups (broad SMARTS) is 1. The number of hydrogen-bond acceptors (Lipinski definition) is 5. The molecule has 4 saturated carbocycles. The Bertz CT molecular complexity index is 828. The van der Waals surface area contributed by atoms with Gasteiger partial charge in [-0.05, 0) is 104 Å². The molecule has 7 nitrogen and oxygen atoms in total. The summed E-state index contributed by atoms with van der Waals surface area (Å²) < 4.78 is 36.5. The Kier molecular flexibility index (Phi) is 6.49. The molecule has 4 aliphatic rings. The second kappa shape index (κ2) is 8.51. The van der Waals surface area contributed by atoms with Gasteiger partial charge in [0, 0.05) is 6.42 Å². The lowest BCUT2D eigenvalue weighted by Gasteiger charge is -2.62. The second-order valence-corrected chi connectivity index (χ2v) is 12.8. The van der Waals surface area contributed by atoms with Crippen LogP contribution in [0.15, 0.2) is 0 Å². The monoisotopic (exact) mass is 472 g/mol. The minimum Gasteiger partial charge on any atom is -0.481 e. The van der Waals surface area contributed by atoms with Crippen LogP contribution < -0.4 is 0 Å². The van der Waals surface area contributed by atoms with Crippen LogP contribution in [0.3, 0.4) is 0 Å². The number of aliphatic hydroxyl groups is 1. The van der Waals surface area contributed by atoms with E-state index in [1.165, 1.54) is 0 Å². The van der Waals surface area contributed by atoms with Crippen LogP contribution in [0.5, 0.6) is 0 Å². The SMILES string of the molecule is C[C@H](CCC(=O)O)[C@H]1CCC2C3CC[C@@H]4C[C@H](OS(=O)(=O)O)CC[C@]4(C)C3C[C@H](O)[C@@]21C. The molecular formula is C24H40O7S. The van der Waals surface area contributed by atoms with Gasteiger partial charge in [-0.15, -0.1) is 0 Å². The van der Waals surface area contributed by atoms with Crippen molar-refractivity contribution in [3.8, 4) is 0 Å². The molecule has 4 fully saturated rings. The predicted molar refractivity (Wildman–Crippen MR) is 119 cm³/mol. The van der Waals surface area contributed by atoms with Crippen LogP contribution in [0.2, 0.25) is 0 Å². The zero-order valence-corrected chi connectivity index (χ0v) is 20.4. The second-order valence-electron chi connectivity index (χ2n) is 11.8. The van der Waals surface area contributed by atoms with E-state index in [4.69, 9.17) is 13.8 Å². The molecule has 4 aliphatic carbocycles. The summed E-state index contributed by atoms with van der Waals surface area (Å²) in [5, 5.41) is 20.7. The van der Waals surface area contributed by atoms with Crippen LogP contribution in [0, 0.1) is 46.3 Å². The maximum absolute atomic E-state index is 11.5. The Hall–Kier alpha value is -0.700. The number of aliphatic hydroxyl groups excluding tert-OH is 1. The molecule has 3 unspecified atom stereocenters. The molecular weight excluding hydrogens is 432 g/mol. The first-order valence-electron chi connectivity index (χ1n) is 12.4. The largest absolute Gasteiger partial charge is 0.481 e. The van der Waals surface area contributed by atoms with Crippen LogP contribution in [-0.2, 0) is 19.4 Å². The molecule has 0 bridgehead atoms. The summed E-state index contributed by atoms with van der Waals surface area (Å²) in [7, 11) is -4.43. The Labute approximate surface area is 192 Å². The summed E-state index contributed by atoms with van der Waals surface area (Å²) in [5.41, 5.74) is -0.106. The van der Waals surface area contributed by atoms with Crippen molar-refractivity contribution in [2.24, 2.45) is 46.3 Å². The van der Waals surface area contributed by atoms with Crippen molar-refractivity contribution >= 4 is 16.4 Å². The molecule has 0 aromatic carbocycles. The Morgan fingerprint density at radius 2 is 1.81 bits per heavy atom. The van der Waals surface area contributed by atoms with E-state index in [1.54, 1.807) is 0 Å². The standard InChI is InChI=1S/C24H40O7S/c1-14(4-9-22(26)27)18-7-8-19-17-6-5-15-12-16(31-32(28,29)30)10-11-23(15,2)20(17)13-21(25)24(18,19)3/h14-21,25H,4-13H2,1-3H3,(H,26,27)(H,28,29,30)/t14-,15-,16-,17?,18-,19?,20?,21+,23+,24-/m1/s1. The van der Waals surface area contributed by atoms with Gasteiger partial charge in [-0.3, -0.25) is 9.35 Å². The van der Waals surface area contributed by atoms with Crippen molar-refractivity contribution in [3.63, 3.8) is 0 Å². The van der Waals surface area contributed by atoms with Crippen molar-refractivity contribution in [1.82, 2.24) is 0 Å². The minimum absolute atomic E-state index is 0.0529. The maximum Gasteiger partial charge on any atom is 0.397 e. The molecule has 184 valence electrons. The summed E-state index contributed by atoms with van der Waals surface area (Å²) in [6, 6.07) is 0. The van der Waals surface area contributed by atoms with Gasteiger partial charge >= 0.3 is 16.4 Å². The molecule has 0 heterocycles. The first kappa shape index (κ1) is 24.4. The summed E-state index contributed by atoms with van der Waals surface area (Å²) in [6.45, 7) is 6.75. The average molecular weight is 473 g/mol. The van der Waals surface area contributed by atoms with Gasteiger partial charge in [-0.2, -0.15) is 8.42 Å². The molecule has 3 N–H and O–H groups in total. The molecule has 4 rings (SSSR count). The Morgan fingerprint density at radius 3 is 2.47 bits per heavy atom. The van der Waals surface area contributed by atoms with Gasteiger partial charge in [0.2, 0.25) is 0 Å². The topological polar surface area (TPSA) is 121 Å². The molecule has 0 aliphatic heterocycles. The van der Waals surface area contributed by atoms with E-state index in [0.29, 0.717) is 48.9 Å². The van der Waals surface area contributed by atoms with Gasteiger partial charge in [-0.1, -0.05) is 20.8 Å². The number of carboxylic acids is 1. The quantitative estimate of drug-likeness (QED) is 0.493. The fourth-order valence-corrected chi connectivity index (χ4v) is 9.47. The third-order valence-corrected chi connectivity index (χ3v) is 11.1. The number of rotatable bonds is 6. The van der Waals surface area contributed by atoms with E-state index in [0.717, 1.165) is 38.5 Å². The highest BCUT2D eigenvalue weighted by atomic mass is 32.3. The van der Waals surface area contributed by atoms with E-state index in [9.17, 15) is 18.3 Å². The molecule has 8 heteroatoms. The van der Waals surface area contributed by atoms with Crippen molar-refractivity contribution in [2.45, 2.75) is 97.2 Å². The van der Waals surface area contributed by atoms with Gasteiger partial charge in [0.25, 0.3) is 0 Å². The van der Waals surface area contributed by atoms with Crippen LogP contribution in [0.1, 0.15) is 85.0 Å². The van der Waals surface area contributed by atoms with E-state index < -0.39 is 28.6 Å². The Balaban J connectivity index is 1.52. The molecule has 0 saturated heterocycles. The van der Waals surface area contributed by atoms with Crippen LogP contribution in [0.25, 0.3) is 0 Å². The van der Waals surface area contributed by atoms with Crippen molar-refractivity contribution < 1.29 is 32.2 Å². The van der Waals surface area contributed by atoms with Gasteiger partial charge in [-0.25, -0.2) is 4.18 Å². The van der Waals surface area contributed by atoms with Gasteiger partial charge in [0.15, 0.2) is 0 Å². The van der Waals surface area contributed by atoms with Crippen molar-refractivity contribution in [2.75, 3.05) is 0 Å². The van der Waals surface area contributed by atoms with Crippen molar-refractivity contribution in [3.05, 3.63) is 0 Å². The Morgan fingerprint density at radius 1 is 1.09 bits per heavy atom. The molecule has 32 heavy (non-hydrogen) atoms. The lowest BCUT2D eigenvalue weighted by molar-refractivity contribution is -0.174. The van der Waals surface area contributed by atoms with Crippen LogP contribution >= 0.6 is 0 Å². The van der Waals surface area contributed by atoms with E-state index in [1.807, 2.05) is 0 Å². The highest BCUT2D eigenvalue weighted by Crippen LogP contribution is 2.68. The third-order valence-electron chi connectivity index (χ3n) is 10.6. The summed E-state index contributed by atoms with van der Waals surface area (Å²) in [5.74, 6) is 1.65. The number of fused-ring (bicyclic) bond motifs is 5. The normalized spacial score (nSPS) is 47.2. The number of aliphatic carboxylic acids is 1. The van der Waals surface area contributed by atoms with Crippen LogP contribution in [0.4, 0.5) is 0 Å². The van der Waals surface area contributed by atoms with E-state index in [-0.39, 0.29) is 23.2 Å². The first-order valence-corrected chi connectivity index (χ1v) is 13.8. The zero-order valence-electron chi connectivity index (χ0n) is 19.6. The highest BCUT2D eigenvalue weighted by Gasteiger charge is 2.63. The number of hydrogen-bond donors (Lipinski definition) is 3. The molecule has 0 radical (unpaired) electrons. The first-order chi connectivity index (χ1) is 14.9. The van der Waals surface area contributed by atoms with Gasteiger partial charge < -0.3 is 10.2 Å². The van der Waals surface area contributed by atoms with Gasteiger partial charge in [0.1, 0.15) is 0 Å². The molecule has 0 amide bonds. The lowest BCUT2D eigenvalue weighted by Crippen LogP contribution is -2.59. The highest BCUT2D eigenvalue weighted by molar-refractivity contribution is 7.80. The lowest BCUT2D eigenvalue weighted by atomic mass is 9.43. The fraction of sp³-hybridized carbons (Fsp3) is 0.958. The maximum atomic E-state index is 11.5. The zero-order chi connectivity index (χ0) is 23.5. The molecule has 0 aromatic heterocycles. The summed E-state index contributed by atoms with van der Waals surface area (Å²) >= 11 is 0. The molecule has 0 spiro atoms. The van der Waals surface area contributed by atoms with E-state index in [2.05, 4.69) is 20.8 Å². The summed E-state index contributed by atoms with van der Waals surface area (Å²) in [6.07, 6.45) is 7.18. The predicted octanol–water partition coefficient (Wildman–Crippen LogP) is 4.31.